The number of hydrogen-bond donors (Lipinski definition) is 3. The number of hydrogen-bond acceptors (Lipinski definition) is 3. The third kappa shape index (κ3) is 3.28. The molecule has 2 atom stereocenters. The fraction of sp³-hybridized carbons (Fsp3) is 0.571. The summed E-state index contributed by atoms with van der Waals surface area (Å²) in [6.45, 7) is 1.24. The Balaban J connectivity index is 1.81. The molecule has 1 fully saturated rings. The van der Waals surface area contributed by atoms with Crippen LogP contribution in [0.3, 0.4) is 0 Å². The van der Waals surface area contributed by atoms with Gasteiger partial charge in [-0.05, 0) is 30.2 Å². The molecule has 0 amide bonds. The second kappa shape index (κ2) is 6.15. The van der Waals surface area contributed by atoms with E-state index in [2.05, 4.69) is 17.4 Å². The lowest BCUT2D eigenvalue weighted by atomic mass is 9.98. The van der Waals surface area contributed by atoms with Crippen LogP contribution in [0.15, 0.2) is 30.3 Å². The molecule has 1 aromatic rings. The minimum Gasteiger partial charge on any atom is -0.396 e. The van der Waals surface area contributed by atoms with Gasteiger partial charge in [-0.1, -0.05) is 30.3 Å². The molecule has 3 nitrogen and oxygen atoms in total. The monoisotopic (exact) mass is 235 g/mol. The predicted octanol–water partition coefficient (Wildman–Crippen LogP) is 1.16. The van der Waals surface area contributed by atoms with Gasteiger partial charge in [0.1, 0.15) is 0 Å². The first-order valence-electron chi connectivity index (χ1n) is 6.32. The third-order valence-electron chi connectivity index (χ3n) is 3.75. The Bertz CT molecular complexity index is 316. The van der Waals surface area contributed by atoms with Crippen LogP contribution in [0.4, 0.5) is 0 Å². The molecule has 0 spiro atoms. The van der Waals surface area contributed by atoms with Crippen LogP contribution >= 0.6 is 0 Å². The minimum atomic E-state index is 0.189. The normalized spacial score (nSPS) is 28.5. The SMILES string of the molecule is OCC1CC(NCc2ccccc2)CC1CO. The fourth-order valence-corrected chi connectivity index (χ4v) is 2.68. The van der Waals surface area contributed by atoms with Crippen LogP contribution in [0.5, 0.6) is 0 Å². The standard InChI is InChI=1S/C14H21NO2/c16-9-12-6-14(7-13(12)10-17)15-8-11-4-2-1-3-5-11/h1-5,12-17H,6-10H2. The molecule has 94 valence electrons. The molecule has 3 heteroatoms. The van der Waals surface area contributed by atoms with E-state index >= 15 is 0 Å². The van der Waals surface area contributed by atoms with Crippen LogP contribution in [-0.2, 0) is 6.54 Å². The molecule has 0 heterocycles. The predicted molar refractivity (Wildman–Crippen MR) is 67.5 cm³/mol. The van der Waals surface area contributed by atoms with Crippen molar-refractivity contribution in [3.63, 3.8) is 0 Å². The van der Waals surface area contributed by atoms with Crippen LogP contribution in [-0.4, -0.2) is 29.5 Å². The zero-order valence-electron chi connectivity index (χ0n) is 10.0. The van der Waals surface area contributed by atoms with E-state index in [1.54, 1.807) is 0 Å². The highest BCUT2D eigenvalue weighted by molar-refractivity contribution is 5.14. The molecule has 1 saturated carbocycles. The van der Waals surface area contributed by atoms with Crippen molar-refractivity contribution in [2.45, 2.75) is 25.4 Å². The highest BCUT2D eigenvalue weighted by Crippen LogP contribution is 2.31. The average molecular weight is 235 g/mol. The first-order chi connectivity index (χ1) is 8.33. The van der Waals surface area contributed by atoms with E-state index in [1.807, 2.05) is 18.2 Å². The quantitative estimate of drug-likeness (QED) is 0.718. The van der Waals surface area contributed by atoms with Crippen LogP contribution in [0.2, 0.25) is 0 Å². The van der Waals surface area contributed by atoms with Gasteiger partial charge in [-0.3, -0.25) is 0 Å². The highest BCUT2D eigenvalue weighted by atomic mass is 16.3. The number of aliphatic hydroxyl groups is 2. The summed E-state index contributed by atoms with van der Waals surface area (Å²) in [7, 11) is 0. The van der Waals surface area contributed by atoms with Crippen molar-refractivity contribution in [1.82, 2.24) is 5.32 Å². The number of benzene rings is 1. The van der Waals surface area contributed by atoms with Crippen molar-refractivity contribution in [2.24, 2.45) is 11.8 Å². The lowest BCUT2D eigenvalue weighted by Gasteiger charge is -2.12. The van der Waals surface area contributed by atoms with Crippen molar-refractivity contribution < 1.29 is 10.2 Å². The summed E-state index contributed by atoms with van der Waals surface area (Å²) in [5.74, 6) is 0.515. The Morgan fingerprint density at radius 2 is 1.59 bits per heavy atom. The summed E-state index contributed by atoms with van der Waals surface area (Å²) in [5.41, 5.74) is 1.28. The average Bonchev–Trinajstić information content (AvgIpc) is 2.80. The first-order valence-corrected chi connectivity index (χ1v) is 6.32. The first kappa shape index (κ1) is 12.6. The van der Waals surface area contributed by atoms with Gasteiger partial charge in [-0.25, -0.2) is 0 Å². The van der Waals surface area contributed by atoms with Crippen molar-refractivity contribution in [2.75, 3.05) is 13.2 Å². The largest absolute Gasteiger partial charge is 0.396 e. The summed E-state index contributed by atoms with van der Waals surface area (Å²) in [5, 5.41) is 22.0. The zero-order chi connectivity index (χ0) is 12.1. The van der Waals surface area contributed by atoms with E-state index in [9.17, 15) is 10.2 Å². The minimum absolute atomic E-state index is 0.189. The molecule has 0 aliphatic heterocycles. The van der Waals surface area contributed by atoms with E-state index in [4.69, 9.17) is 0 Å². The van der Waals surface area contributed by atoms with Crippen molar-refractivity contribution in [1.29, 1.82) is 0 Å². The third-order valence-corrected chi connectivity index (χ3v) is 3.75. The second-order valence-corrected chi connectivity index (χ2v) is 4.92. The summed E-state index contributed by atoms with van der Waals surface area (Å²) in [4.78, 5) is 0. The van der Waals surface area contributed by atoms with Gasteiger partial charge < -0.3 is 15.5 Å². The van der Waals surface area contributed by atoms with Crippen LogP contribution in [0.1, 0.15) is 18.4 Å². The summed E-state index contributed by atoms with van der Waals surface area (Å²) in [6, 6.07) is 10.7. The second-order valence-electron chi connectivity index (χ2n) is 4.92. The van der Waals surface area contributed by atoms with E-state index in [-0.39, 0.29) is 25.0 Å². The molecule has 3 N–H and O–H groups in total. The van der Waals surface area contributed by atoms with Crippen LogP contribution < -0.4 is 5.32 Å². The van der Waals surface area contributed by atoms with Gasteiger partial charge in [0.05, 0.1) is 0 Å². The maximum Gasteiger partial charge on any atom is 0.0463 e. The lowest BCUT2D eigenvalue weighted by molar-refractivity contribution is 0.141. The highest BCUT2D eigenvalue weighted by Gasteiger charge is 2.32. The molecular formula is C14H21NO2. The Morgan fingerprint density at radius 1 is 1.00 bits per heavy atom. The number of rotatable bonds is 5. The topological polar surface area (TPSA) is 52.5 Å². The van der Waals surface area contributed by atoms with Crippen molar-refractivity contribution in [3.05, 3.63) is 35.9 Å². The molecule has 0 bridgehead atoms. The van der Waals surface area contributed by atoms with Gasteiger partial charge in [0.15, 0.2) is 0 Å². The zero-order valence-corrected chi connectivity index (χ0v) is 10.0. The number of nitrogens with one attached hydrogen (secondary N) is 1. The van der Waals surface area contributed by atoms with Gasteiger partial charge in [0.25, 0.3) is 0 Å². The van der Waals surface area contributed by atoms with Crippen molar-refractivity contribution >= 4 is 0 Å². The van der Waals surface area contributed by atoms with E-state index in [1.165, 1.54) is 5.56 Å². The van der Waals surface area contributed by atoms with E-state index < -0.39 is 0 Å². The Hall–Kier alpha value is -0.900. The summed E-state index contributed by atoms with van der Waals surface area (Å²) >= 11 is 0. The summed E-state index contributed by atoms with van der Waals surface area (Å²) < 4.78 is 0. The Kier molecular flexibility index (Phi) is 4.54. The maximum atomic E-state index is 9.23. The molecule has 1 aromatic carbocycles. The molecule has 2 unspecified atom stereocenters. The molecule has 1 aliphatic carbocycles. The molecule has 0 radical (unpaired) electrons. The molecule has 0 saturated heterocycles. The van der Waals surface area contributed by atoms with Gasteiger partial charge in [0.2, 0.25) is 0 Å². The van der Waals surface area contributed by atoms with Crippen LogP contribution in [0, 0.1) is 11.8 Å². The molecule has 17 heavy (non-hydrogen) atoms. The number of aliphatic hydroxyl groups excluding tert-OH is 2. The van der Waals surface area contributed by atoms with Gasteiger partial charge in [-0.2, -0.15) is 0 Å². The maximum absolute atomic E-state index is 9.23. The molecule has 0 aromatic heterocycles. The van der Waals surface area contributed by atoms with Crippen LogP contribution in [0.25, 0.3) is 0 Å². The van der Waals surface area contributed by atoms with Gasteiger partial charge in [-0.15, -0.1) is 0 Å². The van der Waals surface area contributed by atoms with E-state index in [0.29, 0.717) is 6.04 Å². The fourth-order valence-electron chi connectivity index (χ4n) is 2.68. The lowest BCUT2D eigenvalue weighted by Crippen LogP contribution is -2.26. The summed E-state index contributed by atoms with van der Waals surface area (Å²) in [6.07, 6.45) is 1.93. The van der Waals surface area contributed by atoms with Gasteiger partial charge >= 0.3 is 0 Å². The molecular weight excluding hydrogens is 214 g/mol. The van der Waals surface area contributed by atoms with Gasteiger partial charge in [0, 0.05) is 25.8 Å². The smallest absolute Gasteiger partial charge is 0.0463 e. The molecule has 1 aliphatic rings. The molecule has 2 rings (SSSR count). The van der Waals surface area contributed by atoms with E-state index in [0.717, 1.165) is 19.4 Å². The van der Waals surface area contributed by atoms with Crippen molar-refractivity contribution in [3.8, 4) is 0 Å². The Morgan fingerprint density at radius 3 is 2.12 bits per heavy atom. The Labute approximate surface area is 102 Å².